The lowest BCUT2D eigenvalue weighted by Crippen LogP contribution is -2.18. The third kappa shape index (κ3) is 1.56. The Hall–Kier alpha value is -1.51. The molecule has 0 fully saturated rings. The molecule has 2 unspecified atom stereocenters. The van der Waals surface area contributed by atoms with Crippen molar-refractivity contribution < 1.29 is 9.53 Å². The van der Waals surface area contributed by atoms with Crippen molar-refractivity contribution in [2.75, 3.05) is 12.4 Å². The van der Waals surface area contributed by atoms with E-state index in [9.17, 15) is 4.79 Å². The molecule has 1 aliphatic heterocycles. The summed E-state index contributed by atoms with van der Waals surface area (Å²) in [5.41, 5.74) is 1.92. The highest BCUT2D eigenvalue weighted by atomic mass is 16.5. The number of carbonyl (C=O) groups excluding carboxylic acids is 1. The lowest BCUT2D eigenvalue weighted by Gasteiger charge is -2.15. The first-order valence-corrected chi connectivity index (χ1v) is 5.66. The fourth-order valence-corrected chi connectivity index (χ4v) is 2.25. The Bertz CT molecular complexity index is 414. The highest BCUT2D eigenvalue weighted by Crippen LogP contribution is 2.42. The van der Waals surface area contributed by atoms with Gasteiger partial charge in [-0.15, -0.1) is 0 Å². The number of para-hydroxylation sites is 1. The van der Waals surface area contributed by atoms with Gasteiger partial charge in [0.2, 0.25) is 5.91 Å². The minimum Gasteiger partial charge on any atom is -0.495 e. The van der Waals surface area contributed by atoms with E-state index < -0.39 is 0 Å². The van der Waals surface area contributed by atoms with Gasteiger partial charge in [0.05, 0.1) is 18.7 Å². The number of carbonyl (C=O) groups is 1. The van der Waals surface area contributed by atoms with E-state index in [4.69, 9.17) is 4.74 Å². The number of rotatable bonds is 3. The summed E-state index contributed by atoms with van der Waals surface area (Å²) < 4.78 is 5.25. The molecule has 0 saturated heterocycles. The van der Waals surface area contributed by atoms with Crippen LogP contribution in [0.4, 0.5) is 5.69 Å². The molecule has 0 radical (unpaired) electrons. The van der Waals surface area contributed by atoms with E-state index in [-0.39, 0.29) is 11.8 Å². The van der Waals surface area contributed by atoms with Crippen LogP contribution < -0.4 is 10.1 Å². The SMILES string of the molecule is CCC(C)C1C(=O)Nc2c(OC)cccc21. The van der Waals surface area contributed by atoms with Crippen LogP contribution >= 0.6 is 0 Å². The molecule has 16 heavy (non-hydrogen) atoms. The van der Waals surface area contributed by atoms with E-state index in [0.29, 0.717) is 5.92 Å². The Labute approximate surface area is 95.8 Å². The van der Waals surface area contributed by atoms with Gasteiger partial charge in [0.15, 0.2) is 0 Å². The third-order valence-electron chi connectivity index (χ3n) is 3.36. The fraction of sp³-hybridized carbons (Fsp3) is 0.462. The summed E-state index contributed by atoms with van der Waals surface area (Å²) in [7, 11) is 1.62. The predicted octanol–water partition coefficient (Wildman–Crippen LogP) is 2.78. The molecule has 0 spiro atoms. The Balaban J connectivity index is 2.45. The van der Waals surface area contributed by atoms with Crippen molar-refractivity contribution >= 4 is 11.6 Å². The summed E-state index contributed by atoms with van der Waals surface area (Å²) in [6.07, 6.45) is 0.995. The molecule has 1 aliphatic rings. The van der Waals surface area contributed by atoms with Gasteiger partial charge in [-0.05, 0) is 17.5 Å². The van der Waals surface area contributed by atoms with Crippen LogP contribution in [0.15, 0.2) is 18.2 Å². The molecule has 1 aromatic rings. The zero-order valence-corrected chi connectivity index (χ0v) is 9.91. The van der Waals surface area contributed by atoms with Crippen molar-refractivity contribution in [2.24, 2.45) is 5.92 Å². The summed E-state index contributed by atoms with van der Waals surface area (Å²) >= 11 is 0. The van der Waals surface area contributed by atoms with Crippen LogP contribution in [0.2, 0.25) is 0 Å². The zero-order chi connectivity index (χ0) is 11.7. The molecule has 2 rings (SSSR count). The summed E-state index contributed by atoms with van der Waals surface area (Å²) in [6.45, 7) is 4.22. The largest absolute Gasteiger partial charge is 0.495 e. The van der Waals surface area contributed by atoms with Gasteiger partial charge >= 0.3 is 0 Å². The van der Waals surface area contributed by atoms with Gasteiger partial charge in [-0.2, -0.15) is 0 Å². The predicted molar refractivity (Wildman–Crippen MR) is 63.8 cm³/mol. The molecule has 1 heterocycles. The molecule has 3 nitrogen and oxygen atoms in total. The van der Waals surface area contributed by atoms with E-state index >= 15 is 0 Å². The van der Waals surface area contributed by atoms with Crippen molar-refractivity contribution in [1.29, 1.82) is 0 Å². The molecule has 1 amide bonds. The van der Waals surface area contributed by atoms with Crippen LogP contribution in [0, 0.1) is 5.92 Å². The maximum atomic E-state index is 11.9. The highest BCUT2D eigenvalue weighted by Gasteiger charge is 2.35. The van der Waals surface area contributed by atoms with Crippen molar-refractivity contribution in [3.63, 3.8) is 0 Å². The third-order valence-corrected chi connectivity index (χ3v) is 3.36. The molecule has 86 valence electrons. The first kappa shape index (κ1) is 11.0. The number of hydrogen-bond acceptors (Lipinski definition) is 2. The minimum atomic E-state index is -0.0323. The second-order valence-electron chi connectivity index (χ2n) is 4.28. The maximum Gasteiger partial charge on any atom is 0.232 e. The van der Waals surface area contributed by atoms with Crippen molar-refractivity contribution in [1.82, 2.24) is 0 Å². The lowest BCUT2D eigenvalue weighted by molar-refractivity contribution is -0.118. The number of nitrogens with one attached hydrogen (secondary N) is 1. The summed E-state index contributed by atoms with van der Waals surface area (Å²) in [5, 5.41) is 2.92. The van der Waals surface area contributed by atoms with Crippen molar-refractivity contribution in [3.8, 4) is 5.75 Å². The molecular formula is C13H17NO2. The molecule has 2 atom stereocenters. The second kappa shape index (κ2) is 4.16. The normalized spacial score (nSPS) is 20.2. The van der Waals surface area contributed by atoms with Crippen LogP contribution in [-0.2, 0) is 4.79 Å². The Morgan fingerprint density at radius 3 is 2.88 bits per heavy atom. The minimum absolute atomic E-state index is 0.0323. The average Bonchev–Trinajstić information content (AvgIpc) is 2.63. The maximum absolute atomic E-state index is 11.9. The Morgan fingerprint density at radius 1 is 1.50 bits per heavy atom. The second-order valence-corrected chi connectivity index (χ2v) is 4.28. The molecule has 0 bridgehead atoms. The smallest absolute Gasteiger partial charge is 0.232 e. The molecule has 0 saturated carbocycles. The van der Waals surface area contributed by atoms with E-state index in [0.717, 1.165) is 23.4 Å². The van der Waals surface area contributed by atoms with Gasteiger partial charge in [0.1, 0.15) is 5.75 Å². The van der Waals surface area contributed by atoms with Gasteiger partial charge in [-0.3, -0.25) is 4.79 Å². The van der Waals surface area contributed by atoms with Crippen LogP contribution in [0.25, 0.3) is 0 Å². The first-order valence-electron chi connectivity index (χ1n) is 5.66. The van der Waals surface area contributed by atoms with Gasteiger partial charge in [0.25, 0.3) is 0 Å². The number of methoxy groups -OCH3 is 1. The average molecular weight is 219 g/mol. The van der Waals surface area contributed by atoms with Gasteiger partial charge in [-0.1, -0.05) is 32.4 Å². The van der Waals surface area contributed by atoms with Crippen molar-refractivity contribution in [3.05, 3.63) is 23.8 Å². The van der Waals surface area contributed by atoms with E-state index in [1.807, 2.05) is 18.2 Å². The summed E-state index contributed by atoms with van der Waals surface area (Å²) in [5.74, 6) is 1.16. The van der Waals surface area contributed by atoms with Gasteiger partial charge < -0.3 is 10.1 Å². The fourth-order valence-electron chi connectivity index (χ4n) is 2.25. The van der Waals surface area contributed by atoms with Crippen LogP contribution in [0.1, 0.15) is 31.7 Å². The number of amides is 1. The van der Waals surface area contributed by atoms with Crippen molar-refractivity contribution in [2.45, 2.75) is 26.2 Å². The molecule has 1 N–H and O–H groups in total. The monoisotopic (exact) mass is 219 g/mol. The first-order chi connectivity index (χ1) is 7.69. The summed E-state index contributed by atoms with van der Waals surface area (Å²) in [4.78, 5) is 11.9. The zero-order valence-electron chi connectivity index (χ0n) is 9.91. The Morgan fingerprint density at radius 2 is 2.25 bits per heavy atom. The van der Waals surface area contributed by atoms with E-state index in [1.54, 1.807) is 7.11 Å². The van der Waals surface area contributed by atoms with Gasteiger partial charge in [0, 0.05) is 0 Å². The molecule has 3 heteroatoms. The molecular weight excluding hydrogens is 202 g/mol. The molecule has 0 aliphatic carbocycles. The number of anilines is 1. The number of hydrogen-bond donors (Lipinski definition) is 1. The van der Waals surface area contributed by atoms with E-state index in [1.165, 1.54) is 0 Å². The quantitative estimate of drug-likeness (QED) is 0.848. The standard InChI is InChI=1S/C13H17NO2/c1-4-8(2)11-9-6-5-7-10(16-3)12(9)14-13(11)15/h5-8,11H,4H2,1-3H3,(H,14,15). The Kier molecular flexibility index (Phi) is 2.86. The number of fused-ring (bicyclic) bond motifs is 1. The van der Waals surface area contributed by atoms with E-state index in [2.05, 4.69) is 19.2 Å². The summed E-state index contributed by atoms with van der Waals surface area (Å²) in [6, 6.07) is 5.82. The highest BCUT2D eigenvalue weighted by molar-refractivity contribution is 6.04. The van der Waals surface area contributed by atoms with Crippen LogP contribution in [0.5, 0.6) is 5.75 Å². The number of ether oxygens (including phenoxy) is 1. The van der Waals surface area contributed by atoms with Crippen LogP contribution in [0.3, 0.4) is 0 Å². The molecule has 1 aromatic carbocycles. The number of benzene rings is 1. The molecule has 0 aromatic heterocycles. The van der Waals surface area contributed by atoms with Gasteiger partial charge in [-0.25, -0.2) is 0 Å². The topological polar surface area (TPSA) is 38.3 Å². The van der Waals surface area contributed by atoms with Crippen LogP contribution in [-0.4, -0.2) is 13.0 Å². The lowest BCUT2D eigenvalue weighted by atomic mass is 9.86.